The van der Waals surface area contributed by atoms with Crippen LogP contribution in [0.1, 0.15) is 27.7 Å². The number of carboxylic acid groups (broad SMARTS) is 4. The van der Waals surface area contributed by atoms with Crippen LogP contribution < -0.4 is 20.4 Å². The number of aliphatic carboxylic acids is 4. The summed E-state index contributed by atoms with van der Waals surface area (Å²) in [6, 6.07) is 0. The minimum atomic E-state index is -1.08. The van der Waals surface area contributed by atoms with Crippen LogP contribution in [0.25, 0.3) is 0 Å². The minimum absolute atomic E-state index is 0. The number of carbonyl (C=O) groups is 4. The average molecular weight is 468 g/mol. The van der Waals surface area contributed by atoms with Crippen LogP contribution >= 0.6 is 0 Å². The molecule has 0 saturated carbocycles. The molecule has 9 heteroatoms. The van der Waals surface area contributed by atoms with E-state index in [0.29, 0.717) is 0 Å². The third-order valence-electron chi connectivity index (χ3n) is 0. The standard InChI is InChI=1S/4C2H4O2.Th/c4*1-2(3)4;/h4*1H3,(H,3,4);/q;;;;+4/p-4. The fourth-order valence-corrected chi connectivity index (χ4v) is 0. The van der Waals surface area contributed by atoms with E-state index in [-0.39, 0.29) is 39.9 Å². The van der Waals surface area contributed by atoms with Crippen molar-refractivity contribution in [3.8, 4) is 0 Å². The van der Waals surface area contributed by atoms with E-state index < -0.39 is 23.9 Å². The molecule has 0 bridgehead atoms. The van der Waals surface area contributed by atoms with Gasteiger partial charge in [0.05, 0.1) is 0 Å². The smallest absolute Gasteiger partial charge is 0.550 e. The Hall–Kier alpha value is -0.795. The molecule has 0 aromatic rings. The van der Waals surface area contributed by atoms with Crippen LogP contribution in [0, 0.1) is 39.9 Å². The van der Waals surface area contributed by atoms with Gasteiger partial charge in [-0.3, -0.25) is 0 Å². The van der Waals surface area contributed by atoms with Gasteiger partial charge in [0.1, 0.15) is 0 Å². The molecule has 0 heterocycles. The van der Waals surface area contributed by atoms with Gasteiger partial charge in [-0.1, -0.05) is 0 Å². The van der Waals surface area contributed by atoms with Crippen molar-refractivity contribution in [2.75, 3.05) is 0 Å². The molecule has 0 N–H and O–H groups in total. The van der Waals surface area contributed by atoms with Crippen LogP contribution in [-0.4, -0.2) is 23.9 Å². The van der Waals surface area contributed by atoms with Gasteiger partial charge in [0.2, 0.25) is 0 Å². The van der Waals surface area contributed by atoms with Crippen LogP contribution in [-0.2, 0) is 19.2 Å². The number of rotatable bonds is 0. The molecule has 0 aromatic carbocycles. The Balaban J connectivity index is -0.0000000369. The van der Waals surface area contributed by atoms with E-state index >= 15 is 0 Å². The van der Waals surface area contributed by atoms with Gasteiger partial charge in [0.25, 0.3) is 0 Å². The first-order chi connectivity index (χ1) is 6.93. The SMILES string of the molecule is CC(=O)[O-].CC(=O)[O-].CC(=O)[O-].CC(=O)[O-].[Th+4]. The maximum Gasteiger partial charge on any atom is 4.00 e. The Morgan fingerprint density at radius 3 is 0.529 bits per heavy atom. The van der Waals surface area contributed by atoms with Gasteiger partial charge in [-0.05, 0) is 27.7 Å². The van der Waals surface area contributed by atoms with Crippen molar-refractivity contribution in [2.45, 2.75) is 27.7 Å². The molecule has 0 aliphatic carbocycles. The first-order valence-electron chi connectivity index (χ1n) is 3.63. The Morgan fingerprint density at radius 2 is 0.529 bits per heavy atom. The van der Waals surface area contributed by atoms with Crippen molar-refractivity contribution in [3.05, 3.63) is 0 Å². The second kappa shape index (κ2) is 24.4. The normalized spacial score (nSPS) is 5.88. The summed E-state index contributed by atoms with van der Waals surface area (Å²) in [5.41, 5.74) is 0. The molecule has 0 radical (unpaired) electrons. The zero-order valence-electron chi connectivity index (χ0n) is 9.77. The summed E-state index contributed by atoms with van der Waals surface area (Å²) < 4.78 is 0. The molecule has 0 unspecified atom stereocenters. The molecule has 96 valence electrons. The Bertz CT molecular complexity index is 162. The van der Waals surface area contributed by atoms with Crippen molar-refractivity contribution >= 4 is 23.9 Å². The van der Waals surface area contributed by atoms with E-state index in [9.17, 15) is 0 Å². The Morgan fingerprint density at radius 1 is 0.529 bits per heavy atom. The van der Waals surface area contributed by atoms with Crippen LogP contribution in [0.3, 0.4) is 0 Å². The number of hydrogen-bond donors (Lipinski definition) is 0. The molecule has 0 rings (SSSR count). The summed E-state index contributed by atoms with van der Waals surface area (Å²) in [4.78, 5) is 35.6. The maximum absolute atomic E-state index is 8.89. The molecular formula is C8H12O8Th. The third kappa shape index (κ3) is 4190. The number of carboxylic acids is 4. The molecule has 0 aromatic heterocycles. The molecule has 8 nitrogen and oxygen atoms in total. The van der Waals surface area contributed by atoms with Crippen LogP contribution in [0.5, 0.6) is 0 Å². The molecule has 0 saturated heterocycles. The molecule has 0 amide bonds. The van der Waals surface area contributed by atoms with Gasteiger partial charge in [0.15, 0.2) is 0 Å². The summed E-state index contributed by atoms with van der Waals surface area (Å²) in [6.07, 6.45) is 0. The summed E-state index contributed by atoms with van der Waals surface area (Å²) in [6.45, 7) is 3.89. The van der Waals surface area contributed by atoms with Gasteiger partial charge in [0, 0.05) is 23.9 Å². The minimum Gasteiger partial charge on any atom is -0.550 e. The summed E-state index contributed by atoms with van der Waals surface area (Å²) in [5.74, 6) is -4.33. The molecular weight excluding hydrogens is 456 g/mol. The molecule has 0 aliphatic heterocycles. The average Bonchev–Trinajstić information content (AvgIpc) is 1.76. The fraction of sp³-hybridized carbons (Fsp3) is 0.500. The van der Waals surface area contributed by atoms with Gasteiger partial charge >= 0.3 is 39.9 Å². The van der Waals surface area contributed by atoms with Crippen LogP contribution in [0.4, 0.5) is 0 Å². The molecule has 0 fully saturated rings. The zero-order chi connectivity index (χ0) is 14.3. The van der Waals surface area contributed by atoms with E-state index in [1.165, 1.54) is 0 Å². The number of hydrogen-bond acceptors (Lipinski definition) is 8. The van der Waals surface area contributed by atoms with E-state index in [0.717, 1.165) is 27.7 Å². The monoisotopic (exact) mass is 468 g/mol. The Labute approximate surface area is 130 Å². The Kier molecular flexibility index (Phi) is 42.9. The molecule has 0 aliphatic rings. The van der Waals surface area contributed by atoms with Gasteiger partial charge in [-0.15, -0.1) is 0 Å². The van der Waals surface area contributed by atoms with Crippen molar-refractivity contribution in [2.24, 2.45) is 0 Å². The first-order valence-corrected chi connectivity index (χ1v) is 3.63. The first kappa shape index (κ1) is 29.8. The predicted octanol–water partition coefficient (Wildman–Crippen LogP) is -4.98. The van der Waals surface area contributed by atoms with E-state index in [4.69, 9.17) is 39.6 Å². The van der Waals surface area contributed by atoms with Crippen molar-refractivity contribution in [3.63, 3.8) is 0 Å². The van der Waals surface area contributed by atoms with Crippen molar-refractivity contribution in [1.82, 2.24) is 0 Å². The maximum atomic E-state index is 8.89. The summed E-state index contributed by atoms with van der Waals surface area (Å²) >= 11 is 0. The molecule has 17 heavy (non-hydrogen) atoms. The predicted molar refractivity (Wildman–Crippen MR) is 42.7 cm³/mol. The fourth-order valence-electron chi connectivity index (χ4n) is 0. The molecule has 0 spiro atoms. The van der Waals surface area contributed by atoms with Gasteiger partial charge < -0.3 is 39.6 Å². The van der Waals surface area contributed by atoms with Gasteiger partial charge in [-0.2, -0.15) is 0 Å². The van der Waals surface area contributed by atoms with E-state index in [1.54, 1.807) is 0 Å². The summed E-state index contributed by atoms with van der Waals surface area (Å²) in [5, 5.41) is 35.6. The second-order valence-electron chi connectivity index (χ2n) is 1.97. The van der Waals surface area contributed by atoms with Crippen LogP contribution in [0.2, 0.25) is 0 Å². The summed E-state index contributed by atoms with van der Waals surface area (Å²) in [7, 11) is 0. The van der Waals surface area contributed by atoms with Crippen molar-refractivity contribution in [1.29, 1.82) is 0 Å². The quantitative estimate of drug-likeness (QED) is 0.342. The van der Waals surface area contributed by atoms with Crippen LogP contribution in [0.15, 0.2) is 0 Å². The zero-order valence-corrected chi connectivity index (χ0v) is 13.9. The largest absolute Gasteiger partial charge is 4.00 e. The van der Waals surface area contributed by atoms with Crippen molar-refractivity contribution < 1.29 is 79.5 Å². The van der Waals surface area contributed by atoms with E-state index in [2.05, 4.69) is 0 Å². The van der Waals surface area contributed by atoms with E-state index in [1.807, 2.05) is 0 Å². The van der Waals surface area contributed by atoms with Gasteiger partial charge in [-0.25, -0.2) is 0 Å². The number of carbonyl (C=O) groups excluding carboxylic acids is 4. The topological polar surface area (TPSA) is 161 Å². The molecule has 0 atom stereocenters. The third-order valence-corrected chi connectivity index (χ3v) is 0. The second-order valence-corrected chi connectivity index (χ2v) is 1.97.